The number of benzene rings is 2. The van der Waals surface area contributed by atoms with E-state index in [0.717, 1.165) is 25.2 Å². The van der Waals surface area contributed by atoms with Gasteiger partial charge in [-0.1, -0.05) is 60.7 Å². The zero-order chi connectivity index (χ0) is 12.6. The lowest BCUT2D eigenvalue weighted by Gasteiger charge is -2.10. The van der Waals surface area contributed by atoms with Crippen LogP contribution in [0.2, 0.25) is 0 Å². The van der Waals surface area contributed by atoms with Gasteiger partial charge in [-0.25, -0.2) is 0 Å². The highest BCUT2D eigenvalue weighted by Gasteiger charge is 2.05. The van der Waals surface area contributed by atoms with Gasteiger partial charge in [0.25, 0.3) is 0 Å². The highest BCUT2D eigenvalue weighted by Crippen LogP contribution is 2.31. The summed E-state index contributed by atoms with van der Waals surface area (Å²) in [5, 5.41) is 0. The summed E-state index contributed by atoms with van der Waals surface area (Å²) in [4.78, 5) is 10.0. The summed E-state index contributed by atoms with van der Waals surface area (Å²) in [6, 6.07) is 20.8. The predicted octanol–water partition coefficient (Wildman–Crippen LogP) is 3.86. The molecule has 1 nitrogen and oxygen atoms in total. The fraction of sp³-hybridized carbons (Fsp3) is 0.250. The monoisotopic (exact) mass is 258 g/mol. The maximum Gasteiger partial charge on any atom is 0.0258 e. The van der Waals surface area contributed by atoms with Crippen molar-refractivity contribution in [2.24, 2.45) is 0 Å². The predicted molar refractivity (Wildman–Crippen MR) is 79.2 cm³/mol. The van der Waals surface area contributed by atoms with Crippen LogP contribution in [0.1, 0.15) is 11.1 Å². The first kappa shape index (κ1) is 13.3. The molecule has 2 rings (SSSR count). The molecule has 2 heteroatoms. The molecule has 0 aliphatic carbocycles. The molecule has 0 atom stereocenters. The van der Waals surface area contributed by atoms with Gasteiger partial charge < -0.3 is 4.89 Å². The van der Waals surface area contributed by atoms with Crippen LogP contribution in [0.25, 0.3) is 0 Å². The second-order valence-electron chi connectivity index (χ2n) is 4.42. The fourth-order valence-corrected chi connectivity index (χ4v) is 3.17. The largest absolute Gasteiger partial charge is 0.374 e. The number of rotatable bonds is 6. The maximum absolute atomic E-state index is 10.0. The molecule has 0 fully saturated rings. The van der Waals surface area contributed by atoms with Gasteiger partial charge in [-0.2, -0.15) is 0 Å². The number of hydrogen-bond donors (Lipinski definition) is 1. The van der Waals surface area contributed by atoms with Crippen molar-refractivity contribution in [2.75, 3.05) is 12.3 Å². The van der Waals surface area contributed by atoms with E-state index in [1.807, 2.05) is 12.1 Å². The van der Waals surface area contributed by atoms with E-state index in [4.69, 9.17) is 0 Å². The van der Waals surface area contributed by atoms with Gasteiger partial charge in [-0.05, 0) is 36.3 Å². The van der Waals surface area contributed by atoms with Crippen LogP contribution in [-0.2, 0) is 12.8 Å². The molecule has 18 heavy (non-hydrogen) atoms. The molecule has 0 saturated heterocycles. The minimum Gasteiger partial charge on any atom is -0.374 e. The number of hydrogen-bond acceptors (Lipinski definition) is 1. The minimum absolute atomic E-state index is 0.828. The second-order valence-corrected chi connectivity index (χ2v) is 6.33. The molecule has 0 unspecified atom stereocenters. The third-order valence-corrected chi connectivity index (χ3v) is 4.48. The van der Waals surface area contributed by atoms with Crippen molar-refractivity contribution < 1.29 is 4.89 Å². The Hall–Kier alpha value is -1.17. The van der Waals surface area contributed by atoms with Crippen LogP contribution in [-0.4, -0.2) is 17.2 Å². The summed E-state index contributed by atoms with van der Waals surface area (Å²) in [5.74, 6) is 0. The summed E-state index contributed by atoms with van der Waals surface area (Å²) in [7, 11) is -0.828. The van der Waals surface area contributed by atoms with Crippen LogP contribution in [0.4, 0.5) is 0 Å². The molecular formula is C16H19OP. The quantitative estimate of drug-likeness (QED) is 0.780. The summed E-state index contributed by atoms with van der Waals surface area (Å²) in [6.07, 6.45) is 3.79. The Morgan fingerprint density at radius 3 is 1.44 bits per heavy atom. The first-order valence-corrected chi connectivity index (χ1v) is 8.03. The molecule has 2 aromatic rings. The highest BCUT2D eigenvalue weighted by atomic mass is 31.1. The summed E-state index contributed by atoms with van der Waals surface area (Å²) in [5.41, 5.74) is 2.64. The van der Waals surface area contributed by atoms with Gasteiger partial charge in [0.05, 0.1) is 0 Å². The van der Waals surface area contributed by atoms with E-state index in [0.29, 0.717) is 0 Å². The molecular weight excluding hydrogens is 239 g/mol. The molecule has 0 aliphatic rings. The van der Waals surface area contributed by atoms with E-state index in [1.54, 1.807) is 0 Å². The van der Waals surface area contributed by atoms with Crippen molar-refractivity contribution >= 4 is 8.15 Å². The molecule has 0 spiro atoms. The number of aryl methyl sites for hydroxylation is 2. The molecule has 94 valence electrons. The van der Waals surface area contributed by atoms with Gasteiger partial charge in [0, 0.05) is 8.15 Å². The summed E-state index contributed by atoms with van der Waals surface area (Å²) in [6.45, 7) is 0. The lowest BCUT2D eigenvalue weighted by molar-refractivity contribution is 0.620. The van der Waals surface area contributed by atoms with Crippen molar-refractivity contribution in [3.05, 3.63) is 71.8 Å². The Labute approximate surface area is 110 Å². The van der Waals surface area contributed by atoms with E-state index >= 15 is 0 Å². The zero-order valence-electron chi connectivity index (χ0n) is 10.5. The van der Waals surface area contributed by atoms with Crippen LogP contribution in [0.3, 0.4) is 0 Å². The van der Waals surface area contributed by atoms with Crippen LogP contribution < -0.4 is 0 Å². The van der Waals surface area contributed by atoms with E-state index in [1.165, 1.54) is 11.1 Å². The second kappa shape index (κ2) is 7.31. The lowest BCUT2D eigenvalue weighted by atomic mass is 10.2. The molecule has 0 bridgehead atoms. The van der Waals surface area contributed by atoms with E-state index < -0.39 is 8.15 Å². The standard InChI is InChI=1S/C16H19OP/c17-18(13-11-15-7-3-1-4-8-15)14-12-16-9-5-2-6-10-16/h1-10,17H,11-14H2. The Morgan fingerprint density at radius 2 is 1.06 bits per heavy atom. The molecule has 0 heterocycles. The Bertz CT molecular complexity index is 398. The Morgan fingerprint density at radius 1 is 0.667 bits per heavy atom. The summed E-state index contributed by atoms with van der Waals surface area (Å²) < 4.78 is 0. The SMILES string of the molecule is OP(CCc1ccccc1)CCc1ccccc1. The van der Waals surface area contributed by atoms with Gasteiger partial charge in [-0.15, -0.1) is 0 Å². The van der Waals surface area contributed by atoms with Crippen LogP contribution in [0, 0.1) is 0 Å². The van der Waals surface area contributed by atoms with Crippen molar-refractivity contribution in [3.8, 4) is 0 Å². The molecule has 0 radical (unpaired) electrons. The van der Waals surface area contributed by atoms with Gasteiger partial charge >= 0.3 is 0 Å². The average Bonchev–Trinajstić information content (AvgIpc) is 2.45. The molecule has 0 aliphatic heterocycles. The third kappa shape index (κ3) is 4.60. The van der Waals surface area contributed by atoms with Crippen molar-refractivity contribution in [1.82, 2.24) is 0 Å². The van der Waals surface area contributed by atoms with E-state index in [9.17, 15) is 4.89 Å². The smallest absolute Gasteiger partial charge is 0.0258 e. The molecule has 0 saturated carbocycles. The van der Waals surface area contributed by atoms with Crippen LogP contribution in [0.5, 0.6) is 0 Å². The van der Waals surface area contributed by atoms with Crippen molar-refractivity contribution in [3.63, 3.8) is 0 Å². The average molecular weight is 258 g/mol. The molecule has 1 N–H and O–H groups in total. The normalized spacial score (nSPS) is 10.8. The maximum atomic E-state index is 10.0. The van der Waals surface area contributed by atoms with E-state index in [-0.39, 0.29) is 0 Å². The van der Waals surface area contributed by atoms with Crippen molar-refractivity contribution in [1.29, 1.82) is 0 Å². The van der Waals surface area contributed by atoms with Crippen molar-refractivity contribution in [2.45, 2.75) is 12.8 Å². The molecule has 0 aromatic heterocycles. The highest BCUT2D eigenvalue weighted by molar-refractivity contribution is 7.51. The van der Waals surface area contributed by atoms with Gasteiger partial charge in [0.2, 0.25) is 0 Å². The van der Waals surface area contributed by atoms with Crippen LogP contribution >= 0.6 is 8.15 Å². The minimum atomic E-state index is -0.828. The van der Waals surface area contributed by atoms with Gasteiger partial charge in [0.1, 0.15) is 0 Å². The van der Waals surface area contributed by atoms with Crippen LogP contribution in [0.15, 0.2) is 60.7 Å². The topological polar surface area (TPSA) is 20.2 Å². The van der Waals surface area contributed by atoms with Gasteiger partial charge in [-0.3, -0.25) is 0 Å². The Balaban J connectivity index is 1.71. The first-order valence-electron chi connectivity index (χ1n) is 6.36. The third-order valence-electron chi connectivity index (χ3n) is 3.00. The molecule has 0 amide bonds. The van der Waals surface area contributed by atoms with Gasteiger partial charge in [0.15, 0.2) is 0 Å². The Kier molecular flexibility index (Phi) is 5.38. The zero-order valence-corrected chi connectivity index (χ0v) is 11.4. The summed E-state index contributed by atoms with van der Waals surface area (Å²) >= 11 is 0. The lowest BCUT2D eigenvalue weighted by Crippen LogP contribution is -1.97. The van der Waals surface area contributed by atoms with E-state index in [2.05, 4.69) is 48.5 Å². The fourth-order valence-electron chi connectivity index (χ4n) is 1.92. The molecule has 2 aromatic carbocycles. The first-order chi connectivity index (χ1) is 8.84.